The maximum atomic E-state index is 12.8. The first kappa shape index (κ1) is 20.9. The molecule has 1 fully saturated rings. The molecule has 0 radical (unpaired) electrons. The quantitative estimate of drug-likeness (QED) is 0.664. The van der Waals surface area contributed by atoms with E-state index < -0.39 is 0 Å². The molecule has 0 unspecified atom stereocenters. The molecule has 1 aliphatic carbocycles. The van der Waals surface area contributed by atoms with Gasteiger partial charge in [0.15, 0.2) is 0 Å². The zero-order valence-corrected chi connectivity index (χ0v) is 17.2. The first-order valence-electron chi connectivity index (χ1n) is 10.5. The van der Waals surface area contributed by atoms with Gasteiger partial charge in [0.1, 0.15) is 5.75 Å². The van der Waals surface area contributed by atoms with E-state index in [4.69, 9.17) is 4.74 Å². The number of carbonyl (C=O) groups is 2. The van der Waals surface area contributed by atoms with Crippen LogP contribution < -0.4 is 15.4 Å². The molecule has 29 heavy (non-hydrogen) atoms. The maximum absolute atomic E-state index is 12.8. The Bertz CT molecular complexity index is 840. The van der Waals surface area contributed by atoms with Gasteiger partial charge in [-0.1, -0.05) is 43.9 Å². The monoisotopic (exact) mass is 394 g/mol. The summed E-state index contributed by atoms with van der Waals surface area (Å²) in [5.74, 6) is 0.238. The van der Waals surface area contributed by atoms with Crippen LogP contribution in [0.2, 0.25) is 0 Å². The van der Waals surface area contributed by atoms with E-state index in [1.165, 1.54) is 12.8 Å². The van der Waals surface area contributed by atoms with Crippen molar-refractivity contribution in [2.45, 2.75) is 64.5 Å². The van der Waals surface area contributed by atoms with Gasteiger partial charge in [-0.3, -0.25) is 9.59 Å². The van der Waals surface area contributed by atoms with Crippen molar-refractivity contribution in [1.82, 2.24) is 5.32 Å². The second-order valence-electron chi connectivity index (χ2n) is 7.86. The Morgan fingerprint density at radius 1 is 0.897 bits per heavy atom. The van der Waals surface area contributed by atoms with Crippen LogP contribution in [-0.2, 0) is 0 Å². The summed E-state index contributed by atoms with van der Waals surface area (Å²) in [6, 6.07) is 14.4. The Balaban J connectivity index is 1.69. The van der Waals surface area contributed by atoms with E-state index in [-0.39, 0.29) is 24.0 Å². The van der Waals surface area contributed by atoms with Crippen molar-refractivity contribution in [3.05, 3.63) is 59.7 Å². The zero-order chi connectivity index (χ0) is 20.6. The first-order valence-corrected chi connectivity index (χ1v) is 10.5. The number of anilines is 1. The lowest BCUT2D eigenvalue weighted by Crippen LogP contribution is -2.34. The number of benzene rings is 2. The molecule has 0 aromatic heterocycles. The van der Waals surface area contributed by atoms with Crippen molar-refractivity contribution >= 4 is 17.5 Å². The van der Waals surface area contributed by atoms with Gasteiger partial charge in [-0.05, 0) is 57.0 Å². The van der Waals surface area contributed by atoms with Crippen LogP contribution in [0, 0.1) is 0 Å². The fourth-order valence-corrected chi connectivity index (χ4v) is 3.62. The summed E-state index contributed by atoms with van der Waals surface area (Å²) >= 11 is 0. The highest BCUT2D eigenvalue weighted by molar-refractivity contribution is 6.06. The molecule has 0 bridgehead atoms. The number of carbonyl (C=O) groups excluding carboxylic acids is 2. The number of rotatable bonds is 6. The average Bonchev–Trinajstić information content (AvgIpc) is 2.98. The SMILES string of the molecule is CC(C)Oc1ccccc1NC(=O)c1cccc(C(=O)NC2CCCCCC2)c1. The summed E-state index contributed by atoms with van der Waals surface area (Å²) in [6.07, 6.45) is 6.85. The standard InChI is InChI=1S/C24H30N2O3/c1-17(2)29-22-15-8-7-14-21(22)26-24(28)19-11-9-10-18(16-19)23(27)25-20-12-5-3-4-6-13-20/h7-11,14-17,20H,3-6,12-13H2,1-2H3,(H,25,27)(H,26,28). The van der Waals surface area contributed by atoms with E-state index in [1.807, 2.05) is 32.0 Å². The molecule has 3 rings (SSSR count). The van der Waals surface area contributed by atoms with Crippen molar-refractivity contribution in [1.29, 1.82) is 0 Å². The molecule has 154 valence electrons. The fraction of sp³-hybridized carbons (Fsp3) is 0.417. The van der Waals surface area contributed by atoms with Crippen LogP contribution in [0.1, 0.15) is 73.1 Å². The van der Waals surface area contributed by atoms with Crippen LogP contribution in [0.5, 0.6) is 5.75 Å². The molecule has 0 atom stereocenters. The van der Waals surface area contributed by atoms with Crippen molar-refractivity contribution in [3.63, 3.8) is 0 Å². The summed E-state index contributed by atoms with van der Waals surface area (Å²) in [5.41, 5.74) is 1.56. The first-order chi connectivity index (χ1) is 14.0. The van der Waals surface area contributed by atoms with Crippen LogP contribution in [0.4, 0.5) is 5.69 Å². The van der Waals surface area contributed by atoms with E-state index in [1.54, 1.807) is 30.3 Å². The lowest BCUT2D eigenvalue weighted by molar-refractivity contribution is 0.0933. The minimum absolute atomic E-state index is 0.00376. The summed E-state index contributed by atoms with van der Waals surface area (Å²) in [6.45, 7) is 3.88. The lowest BCUT2D eigenvalue weighted by atomic mass is 10.1. The maximum Gasteiger partial charge on any atom is 0.255 e. The molecule has 0 spiro atoms. The van der Waals surface area contributed by atoms with Crippen molar-refractivity contribution in [3.8, 4) is 5.75 Å². The van der Waals surface area contributed by atoms with Gasteiger partial charge in [0, 0.05) is 17.2 Å². The molecule has 2 N–H and O–H groups in total. The summed E-state index contributed by atoms with van der Waals surface area (Å²) < 4.78 is 5.76. The third-order valence-corrected chi connectivity index (χ3v) is 5.08. The van der Waals surface area contributed by atoms with Gasteiger partial charge >= 0.3 is 0 Å². The van der Waals surface area contributed by atoms with Crippen LogP contribution in [-0.4, -0.2) is 24.0 Å². The summed E-state index contributed by atoms with van der Waals surface area (Å²) in [4.78, 5) is 25.4. The van der Waals surface area contributed by atoms with Crippen LogP contribution in [0.15, 0.2) is 48.5 Å². The van der Waals surface area contributed by atoms with Gasteiger partial charge in [0.2, 0.25) is 0 Å². The minimum Gasteiger partial charge on any atom is -0.489 e. The molecule has 2 amide bonds. The number of hydrogen-bond acceptors (Lipinski definition) is 3. The number of hydrogen-bond donors (Lipinski definition) is 2. The number of para-hydroxylation sites is 2. The van der Waals surface area contributed by atoms with E-state index in [0.717, 1.165) is 25.7 Å². The van der Waals surface area contributed by atoms with Crippen LogP contribution >= 0.6 is 0 Å². The predicted octanol–water partition coefficient (Wildman–Crippen LogP) is 5.18. The van der Waals surface area contributed by atoms with E-state index in [0.29, 0.717) is 22.6 Å². The van der Waals surface area contributed by atoms with Gasteiger partial charge in [-0.15, -0.1) is 0 Å². The minimum atomic E-state index is -0.270. The van der Waals surface area contributed by atoms with Crippen LogP contribution in [0.25, 0.3) is 0 Å². The van der Waals surface area contributed by atoms with Crippen molar-refractivity contribution in [2.24, 2.45) is 0 Å². The van der Waals surface area contributed by atoms with E-state index in [9.17, 15) is 9.59 Å². The Morgan fingerprint density at radius 3 is 2.24 bits per heavy atom. The smallest absolute Gasteiger partial charge is 0.255 e. The highest BCUT2D eigenvalue weighted by atomic mass is 16.5. The normalized spacial score (nSPS) is 14.9. The van der Waals surface area contributed by atoms with Gasteiger partial charge in [-0.2, -0.15) is 0 Å². The largest absolute Gasteiger partial charge is 0.489 e. The van der Waals surface area contributed by atoms with Gasteiger partial charge in [0.05, 0.1) is 11.8 Å². The molecule has 1 saturated carbocycles. The van der Waals surface area contributed by atoms with Gasteiger partial charge in [0.25, 0.3) is 11.8 Å². The number of amides is 2. The number of nitrogens with one attached hydrogen (secondary N) is 2. The highest BCUT2D eigenvalue weighted by Crippen LogP contribution is 2.25. The molecule has 0 saturated heterocycles. The molecular weight excluding hydrogens is 364 g/mol. The third kappa shape index (κ3) is 6.08. The van der Waals surface area contributed by atoms with E-state index in [2.05, 4.69) is 10.6 Å². The lowest BCUT2D eigenvalue weighted by Gasteiger charge is -2.17. The number of ether oxygens (including phenoxy) is 1. The second kappa shape index (κ2) is 10.1. The second-order valence-corrected chi connectivity index (χ2v) is 7.86. The van der Waals surface area contributed by atoms with E-state index >= 15 is 0 Å². The molecule has 1 aliphatic rings. The molecule has 2 aromatic rings. The fourth-order valence-electron chi connectivity index (χ4n) is 3.62. The van der Waals surface area contributed by atoms with Gasteiger partial charge < -0.3 is 15.4 Å². The topological polar surface area (TPSA) is 67.4 Å². The molecule has 0 heterocycles. The summed E-state index contributed by atoms with van der Waals surface area (Å²) in [7, 11) is 0. The van der Waals surface area contributed by atoms with Crippen molar-refractivity contribution in [2.75, 3.05) is 5.32 Å². The molecule has 5 heteroatoms. The zero-order valence-electron chi connectivity index (χ0n) is 17.2. The van der Waals surface area contributed by atoms with Crippen molar-refractivity contribution < 1.29 is 14.3 Å². The van der Waals surface area contributed by atoms with Crippen LogP contribution in [0.3, 0.4) is 0 Å². The van der Waals surface area contributed by atoms with Gasteiger partial charge in [-0.25, -0.2) is 0 Å². The third-order valence-electron chi connectivity index (χ3n) is 5.08. The molecule has 0 aliphatic heterocycles. The molecule has 2 aromatic carbocycles. The summed E-state index contributed by atoms with van der Waals surface area (Å²) in [5, 5.41) is 6.02. The predicted molar refractivity (Wildman–Crippen MR) is 116 cm³/mol. The highest BCUT2D eigenvalue weighted by Gasteiger charge is 2.17. The molecule has 5 nitrogen and oxygen atoms in total. The Kier molecular flexibility index (Phi) is 7.28. The Labute approximate surface area is 172 Å². The Hall–Kier alpha value is -2.82. The Morgan fingerprint density at radius 2 is 1.55 bits per heavy atom. The average molecular weight is 395 g/mol. The molecular formula is C24H30N2O3.